The highest BCUT2D eigenvalue weighted by Crippen LogP contribution is 2.18. The second-order valence-corrected chi connectivity index (χ2v) is 9.33. The van der Waals surface area contributed by atoms with Gasteiger partial charge < -0.3 is 4.90 Å². The number of aryl methyl sites for hydroxylation is 1. The van der Waals surface area contributed by atoms with E-state index in [9.17, 15) is 9.18 Å². The number of Topliss-reactive ketones (excluding diaryl/α,β-unsaturated/α-hetero) is 1. The van der Waals surface area contributed by atoms with Crippen LogP contribution in [0.2, 0.25) is 0 Å². The fraction of sp³-hybridized carbons (Fsp3) is 0.276. The number of rotatable bonds is 5. The minimum atomic E-state index is -0.460. The number of imidazole rings is 1. The van der Waals surface area contributed by atoms with Gasteiger partial charge in [-0.1, -0.05) is 24.1 Å². The number of hydrogen-bond donors (Lipinski definition) is 0. The Morgan fingerprint density at radius 1 is 1.06 bits per heavy atom. The summed E-state index contributed by atoms with van der Waals surface area (Å²) in [6.45, 7) is 7.34. The molecule has 0 N–H and O–H groups in total. The number of fused-ring (bicyclic) bond motifs is 1. The van der Waals surface area contributed by atoms with E-state index in [0.717, 1.165) is 38.3 Å². The molecule has 0 spiro atoms. The minimum absolute atomic E-state index is 0.0647. The van der Waals surface area contributed by atoms with Gasteiger partial charge in [0.05, 0.1) is 18.0 Å². The normalized spacial score (nSPS) is 14.5. The summed E-state index contributed by atoms with van der Waals surface area (Å²) >= 11 is 0. The fourth-order valence-corrected chi connectivity index (χ4v) is 4.44. The molecule has 1 aliphatic heterocycles. The lowest BCUT2D eigenvalue weighted by atomic mass is 9.98. The van der Waals surface area contributed by atoms with E-state index in [2.05, 4.69) is 57.7 Å². The Hall–Kier alpha value is -3.86. The molecule has 36 heavy (non-hydrogen) atoms. The van der Waals surface area contributed by atoms with Gasteiger partial charge in [0, 0.05) is 57.1 Å². The SMILES string of the molecule is Cc1cc(CC(=O)c2ccc(F)c(C#Cc3cnc4cnccn34)c2)ccc1CN1CCN(C)CC1. The standard InChI is InChI=1S/C29H28FN5O/c1-21-15-22(3-4-25(21)20-34-13-11-33(2)12-14-34)16-28(36)24-6-8-27(30)23(17-24)5-7-26-18-32-29-19-31-9-10-35(26)29/h3-4,6,8-10,15,17-19H,11-14,16,20H2,1-2H3. The second-order valence-electron chi connectivity index (χ2n) is 9.33. The maximum Gasteiger partial charge on any atom is 0.167 e. The van der Waals surface area contributed by atoms with Crippen LogP contribution in [0.5, 0.6) is 0 Å². The molecule has 1 fully saturated rings. The van der Waals surface area contributed by atoms with Crippen molar-refractivity contribution in [3.05, 3.63) is 101 Å². The summed E-state index contributed by atoms with van der Waals surface area (Å²) in [6, 6.07) is 10.6. The highest BCUT2D eigenvalue weighted by atomic mass is 19.1. The summed E-state index contributed by atoms with van der Waals surface area (Å²) in [5, 5.41) is 0. The number of likely N-dealkylation sites (N-methyl/N-ethyl adjacent to an activating group) is 1. The van der Waals surface area contributed by atoms with Crippen molar-refractivity contribution in [2.24, 2.45) is 0 Å². The molecule has 3 heterocycles. The maximum absolute atomic E-state index is 14.5. The molecule has 1 aliphatic rings. The third-order valence-electron chi connectivity index (χ3n) is 6.69. The summed E-state index contributed by atoms with van der Waals surface area (Å²) in [6.07, 6.45) is 6.90. The lowest BCUT2D eigenvalue weighted by molar-refractivity contribution is 0.0993. The lowest BCUT2D eigenvalue weighted by Crippen LogP contribution is -2.43. The quantitative estimate of drug-likeness (QED) is 0.321. The topological polar surface area (TPSA) is 53.7 Å². The maximum atomic E-state index is 14.5. The number of ketones is 1. The van der Waals surface area contributed by atoms with Crippen LogP contribution in [0.4, 0.5) is 4.39 Å². The van der Waals surface area contributed by atoms with E-state index in [1.54, 1.807) is 29.2 Å². The molecule has 2 aromatic carbocycles. The number of nitrogens with zero attached hydrogens (tertiary/aromatic N) is 5. The number of benzene rings is 2. The molecule has 0 atom stereocenters. The number of hydrogen-bond acceptors (Lipinski definition) is 5. The molecular formula is C29H28FN5O. The zero-order valence-electron chi connectivity index (χ0n) is 20.5. The predicted molar refractivity (Wildman–Crippen MR) is 137 cm³/mol. The summed E-state index contributed by atoms with van der Waals surface area (Å²) in [5.41, 5.74) is 5.35. The molecule has 0 saturated carbocycles. The molecule has 5 rings (SSSR count). The molecule has 1 saturated heterocycles. The van der Waals surface area contributed by atoms with Gasteiger partial charge in [-0.15, -0.1) is 0 Å². The van der Waals surface area contributed by atoms with Gasteiger partial charge in [-0.05, 0) is 54.8 Å². The molecule has 6 nitrogen and oxygen atoms in total. The Balaban J connectivity index is 1.29. The monoisotopic (exact) mass is 481 g/mol. The van der Waals surface area contributed by atoms with Gasteiger partial charge >= 0.3 is 0 Å². The molecule has 0 aliphatic carbocycles. The second kappa shape index (κ2) is 10.4. The van der Waals surface area contributed by atoms with Gasteiger partial charge in [0.1, 0.15) is 11.5 Å². The molecule has 7 heteroatoms. The Bertz CT molecular complexity index is 1470. The van der Waals surface area contributed by atoms with E-state index in [1.165, 1.54) is 29.3 Å². The van der Waals surface area contributed by atoms with Crippen LogP contribution in [0, 0.1) is 24.6 Å². The van der Waals surface area contributed by atoms with Crippen molar-refractivity contribution in [3.8, 4) is 11.8 Å². The van der Waals surface area contributed by atoms with Crippen molar-refractivity contribution in [2.45, 2.75) is 19.9 Å². The Morgan fingerprint density at radius 3 is 2.69 bits per heavy atom. The van der Waals surface area contributed by atoms with Crippen molar-refractivity contribution in [3.63, 3.8) is 0 Å². The molecule has 4 aromatic rings. The Morgan fingerprint density at radius 2 is 1.89 bits per heavy atom. The average molecular weight is 482 g/mol. The summed E-state index contributed by atoms with van der Waals surface area (Å²) < 4.78 is 16.2. The molecule has 0 amide bonds. The van der Waals surface area contributed by atoms with E-state index >= 15 is 0 Å². The lowest BCUT2D eigenvalue weighted by Gasteiger charge is -2.32. The fourth-order valence-electron chi connectivity index (χ4n) is 4.44. The van der Waals surface area contributed by atoms with Gasteiger partial charge in [-0.3, -0.25) is 19.1 Å². The number of piperazine rings is 1. The first-order valence-electron chi connectivity index (χ1n) is 12.1. The van der Waals surface area contributed by atoms with E-state index < -0.39 is 5.82 Å². The van der Waals surface area contributed by atoms with Crippen molar-refractivity contribution in [1.29, 1.82) is 0 Å². The van der Waals surface area contributed by atoms with Gasteiger partial charge in [-0.25, -0.2) is 9.37 Å². The van der Waals surface area contributed by atoms with Crippen LogP contribution in [0.25, 0.3) is 5.65 Å². The van der Waals surface area contributed by atoms with E-state index in [0.29, 0.717) is 16.9 Å². The zero-order chi connectivity index (χ0) is 25.1. The average Bonchev–Trinajstić information content (AvgIpc) is 3.29. The highest BCUT2D eigenvalue weighted by molar-refractivity contribution is 5.97. The summed E-state index contributed by atoms with van der Waals surface area (Å²) in [4.78, 5) is 26.1. The molecular weight excluding hydrogens is 453 g/mol. The van der Waals surface area contributed by atoms with Crippen LogP contribution in [0.3, 0.4) is 0 Å². The van der Waals surface area contributed by atoms with Crippen LogP contribution >= 0.6 is 0 Å². The molecule has 182 valence electrons. The van der Waals surface area contributed by atoms with Crippen LogP contribution in [-0.2, 0) is 13.0 Å². The molecule has 0 unspecified atom stereocenters. The zero-order valence-corrected chi connectivity index (χ0v) is 20.5. The molecule has 2 aromatic heterocycles. The van der Waals surface area contributed by atoms with Crippen LogP contribution < -0.4 is 0 Å². The Labute approximate surface area is 210 Å². The first-order chi connectivity index (χ1) is 17.5. The number of halogens is 1. The van der Waals surface area contributed by atoms with Crippen molar-refractivity contribution < 1.29 is 9.18 Å². The first-order valence-corrected chi connectivity index (χ1v) is 12.1. The van der Waals surface area contributed by atoms with Crippen LogP contribution in [0.15, 0.2) is 61.2 Å². The van der Waals surface area contributed by atoms with Gasteiger partial charge in [0.15, 0.2) is 11.4 Å². The largest absolute Gasteiger partial charge is 0.304 e. The van der Waals surface area contributed by atoms with E-state index in [1.807, 2.05) is 6.07 Å². The Kier molecular flexibility index (Phi) is 6.90. The van der Waals surface area contributed by atoms with Crippen molar-refractivity contribution in [1.82, 2.24) is 24.2 Å². The number of carbonyl (C=O) groups excluding carboxylic acids is 1. The summed E-state index contributed by atoms with van der Waals surface area (Å²) in [5.74, 6) is 5.29. The first kappa shape index (κ1) is 23.9. The number of carbonyl (C=O) groups is 1. The smallest absolute Gasteiger partial charge is 0.167 e. The van der Waals surface area contributed by atoms with Gasteiger partial charge in [0.25, 0.3) is 0 Å². The van der Waals surface area contributed by atoms with Gasteiger partial charge in [0.2, 0.25) is 0 Å². The third-order valence-corrected chi connectivity index (χ3v) is 6.69. The van der Waals surface area contributed by atoms with Crippen LogP contribution in [-0.4, -0.2) is 63.2 Å². The predicted octanol–water partition coefficient (Wildman–Crippen LogP) is 3.75. The molecule has 0 radical (unpaired) electrons. The van der Waals surface area contributed by atoms with Gasteiger partial charge in [-0.2, -0.15) is 0 Å². The highest BCUT2D eigenvalue weighted by Gasteiger charge is 2.16. The molecule has 0 bridgehead atoms. The third kappa shape index (κ3) is 5.35. The van der Waals surface area contributed by atoms with Crippen molar-refractivity contribution in [2.75, 3.05) is 33.2 Å². The van der Waals surface area contributed by atoms with E-state index in [-0.39, 0.29) is 17.8 Å². The van der Waals surface area contributed by atoms with Crippen molar-refractivity contribution >= 4 is 11.4 Å². The van der Waals surface area contributed by atoms with Crippen LogP contribution in [0.1, 0.15) is 38.3 Å². The van der Waals surface area contributed by atoms with E-state index in [4.69, 9.17) is 0 Å². The number of aromatic nitrogens is 3. The minimum Gasteiger partial charge on any atom is -0.304 e. The summed E-state index contributed by atoms with van der Waals surface area (Å²) in [7, 11) is 2.16.